The van der Waals surface area contributed by atoms with Crippen molar-refractivity contribution < 1.29 is 0 Å². The Hall–Kier alpha value is -1.59. The van der Waals surface area contributed by atoms with Crippen LogP contribution in [0.5, 0.6) is 0 Å². The molecular weight excluding hydrogens is 232 g/mol. The van der Waals surface area contributed by atoms with Gasteiger partial charge in [0, 0.05) is 19.2 Å². The molecule has 5 heteroatoms. The van der Waals surface area contributed by atoms with E-state index in [0.717, 1.165) is 22.5 Å². The van der Waals surface area contributed by atoms with Gasteiger partial charge in [0.1, 0.15) is 0 Å². The molecule has 1 heterocycles. The van der Waals surface area contributed by atoms with E-state index in [9.17, 15) is 0 Å². The Bertz CT molecular complexity index is 501. The zero-order valence-corrected chi connectivity index (χ0v) is 10.4. The predicted octanol–water partition coefficient (Wildman–Crippen LogP) is 2.12. The largest absolute Gasteiger partial charge is 0.387 e. The van der Waals surface area contributed by atoms with E-state index in [4.69, 9.17) is 0 Å². The monoisotopic (exact) mass is 246 g/mol. The summed E-state index contributed by atoms with van der Waals surface area (Å²) in [6.45, 7) is 0.685. The molecule has 4 nitrogen and oxygen atoms in total. The number of nitrogens with zero attached hydrogens (tertiary/aromatic N) is 2. The second kappa shape index (κ2) is 5.65. The minimum absolute atomic E-state index is 0.685. The molecule has 88 valence electrons. The number of thiol groups is 1. The fourth-order valence-corrected chi connectivity index (χ4v) is 1.81. The molecule has 1 aromatic carbocycles. The Balaban J connectivity index is 2.44. The quantitative estimate of drug-likeness (QED) is 0.723. The number of rotatable bonds is 4. The number of anilines is 1. The Kier molecular flexibility index (Phi) is 3.95. The number of aromatic nitrogens is 2. The molecule has 2 aromatic rings. The lowest BCUT2D eigenvalue weighted by Crippen LogP contribution is -2.02. The molecular formula is C12H14N4S. The van der Waals surface area contributed by atoms with Crippen molar-refractivity contribution in [2.24, 2.45) is 0 Å². The van der Waals surface area contributed by atoms with E-state index >= 15 is 0 Å². The summed E-state index contributed by atoms with van der Waals surface area (Å²) in [4.78, 5) is 0. The maximum atomic E-state index is 4.16. The Morgan fingerprint density at radius 3 is 2.88 bits per heavy atom. The van der Waals surface area contributed by atoms with Crippen LogP contribution in [0.1, 0.15) is 5.56 Å². The lowest BCUT2D eigenvalue weighted by atomic mass is 10.0. The topological polar surface area (TPSA) is 49.8 Å². The van der Waals surface area contributed by atoms with Crippen molar-refractivity contribution >= 4 is 18.5 Å². The normalized spacial score (nSPS) is 10.2. The third-order valence-electron chi connectivity index (χ3n) is 2.51. The van der Waals surface area contributed by atoms with Crippen LogP contribution >= 0.6 is 12.8 Å². The van der Waals surface area contributed by atoms with Crippen LogP contribution in [-0.2, 0) is 6.54 Å². The van der Waals surface area contributed by atoms with Gasteiger partial charge in [0.05, 0.1) is 17.6 Å². The zero-order valence-electron chi connectivity index (χ0n) is 9.51. The maximum absolute atomic E-state index is 4.16. The molecule has 0 saturated carbocycles. The lowest BCUT2D eigenvalue weighted by molar-refractivity contribution is 0.977. The average Bonchev–Trinajstić information content (AvgIpc) is 2.40. The second-order valence-corrected chi connectivity index (χ2v) is 3.89. The average molecular weight is 246 g/mol. The van der Waals surface area contributed by atoms with Crippen molar-refractivity contribution in [2.75, 3.05) is 12.4 Å². The summed E-state index contributed by atoms with van der Waals surface area (Å²) in [6, 6.07) is 10.0. The molecule has 0 aliphatic rings. The highest BCUT2D eigenvalue weighted by atomic mass is 32.1. The number of hydrogen-bond donors (Lipinski definition) is 3. The van der Waals surface area contributed by atoms with Crippen LogP contribution in [0.3, 0.4) is 0 Å². The standard InChI is InChI=1S/C12H14N4S/c1-13-10-6-12(16-14-8-10)11-5-3-2-4-9(11)7-15-17/h2-6,8,15,17H,7H2,1H3,(H,13,16). The first kappa shape index (κ1) is 11.9. The number of nitrogens with one attached hydrogen (secondary N) is 2. The molecule has 0 atom stereocenters. The molecule has 2 rings (SSSR count). The van der Waals surface area contributed by atoms with Gasteiger partial charge in [-0.1, -0.05) is 37.1 Å². The highest BCUT2D eigenvalue weighted by Crippen LogP contribution is 2.23. The molecule has 2 N–H and O–H groups in total. The molecule has 0 saturated heterocycles. The first-order chi connectivity index (χ1) is 8.35. The molecule has 1 aromatic heterocycles. The van der Waals surface area contributed by atoms with E-state index in [1.54, 1.807) is 6.20 Å². The highest BCUT2D eigenvalue weighted by molar-refractivity contribution is 7.78. The van der Waals surface area contributed by atoms with Gasteiger partial charge in [-0.15, -0.1) is 0 Å². The van der Waals surface area contributed by atoms with Crippen LogP contribution in [0.4, 0.5) is 5.69 Å². The van der Waals surface area contributed by atoms with Crippen LogP contribution in [0, 0.1) is 0 Å². The van der Waals surface area contributed by atoms with Gasteiger partial charge < -0.3 is 5.32 Å². The first-order valence-corrected chi connectivity index (χ1v) is 5.75. The fraction of sp³-hybridized carbons (Fsp3) is 0.167. The van der Waals surface area contributed by atoms with Gasteiger partial charge in [0.15, 0.2) is 0 Å². The summed E-state index contributed by atoms with van der Waals surface area (Å²) < 4.78 is 2.85. The van der Waals surface area contributed by atoms with Crippen molar-refractivity contribution in [1.82, 2.24) is 14.9 Å². The van der Waals surface area contributed by atoms with Gasteiger partial charge in [-0.3, -0.25) is 4.72 Å². The van der Waals surface area contributed by atoms with E-state index < -0.39 is 0 Å². The first-order valence-electron chi connectivity index (χ1n) is 5.31. The Morgan fingerprint density at radius 1 is 1.29 bits per heavy atom. The third-order valence-corrected chi connectivity index (χ3v) is 2.66. The molecule has 0 amide bonds. The van der Waals surface area contributed by atoms with Crippen LogP contribution in [-0.4, -0.2) is 17.2 Å². The summed E-state index contributed by atoms with van der Waals surface area (Å²) in [5, 5.41) is 11.2. The van der Waals surface area contributed by atoms with Gasteiger partial charge in [-0.25, -0.2) is 0 Å². The van der Waals surface area contributed by atoms with Crippen LogP contribution in [0.15, 0.2) is 36.5 Å². The second-order valence-electron chi connectivity index (χ2n) is 3.57. The number of hydrogen-bond acceptors (Lipinski definition) is 5. The summed E-state index contributed by atoms with van der Waals surface area (Å²) in [6.07, 6.45) is 1.70. The smallest absolute Gasteiger partial charge is 0.0953 e. The van der Waals surface area contributed by atoms with Crippen LogP contribution in [0.2, 0.25) is 0 Å². The van der Waals surface area contributed by atoms with E-state index in [1.807, 2.05) is 37.4 Å². The summed E-state index contributed by atoms with van der Waals surface area (Å²) >= 11 is 4.03. The number of benzene rings is 1. The van der Waals surface area contributed by atoms with Gasteiger partial charge >= 0.3 is 0 Å². The Morgan fingerprint density at radius 2 is 2.12 bits per heavy atom. The SMILES string of the molecule is CNc1cnnc(-c2ccccc2CNS)c1. The van der Waals surface area contributed by atoms with Gasteiger partial charge in [-0.05, 0) is 11.6 Å². The minimum atomic E-state index is 0.685. The van der Waals surface area contributed by atoms with Crippen LogP contribution in [0.25, 0.3) is 11.3 Å². The van der Waals surface area contributed by atoms with Gasteiger partial charge in [0.2, 0.25) is 0 Å². The van der Waals surface area contributed by atoms with Crippen molar-refractivity contribution in [2.45, 2.75) is 6.54 Å². The summed E-state index contributed by atoms with van der Waals surface area (Å²) in [5.74, 6) is 0. The molecule has 0 radical (unpaired) electrons. The van der Waals surface area contributed by atoms with E-state index in [1.165, 1.54) is 0 Å². The molecule has 0 fully saturated rings. The lowest BCUT2D eigenvalue weighted by Gasteiger charge is -2.08. The molecule has 0 spiro atoms. The highest BCUT2D eigenvalue weighted by Gasteiger charge is 2.06. The van der Waals surface area contributed by atoms with E-state index in [-0.39, 0.29) is 0 Å². The molecule has 0 aliphatic carbocycles. The maximum Gasteiger partial charge on any atom is 0.0953 e. The van der Waals surface area contributed by atoms with E-state index in [0.29, 0.717) is 6.54 Å². The van der Waals surface area contributed by atoms with Crippen molar-refractivity contribution in [3.05, 3.63) is 42.1 Å². The van der Waals surface area contributed by atoms with Crippen molar-refractivity contribution in [1.29, 1.82) is 0 Å². The van der Waals surface area contributed by atoms with E-state index in [2.05, 4.69) is 33.1 Å². The molecule has 17 heavy (non-hydrogen) atoms. The summed E-state index contributed by atoms with van der Waals surface area (Å²) in [7, 11) is 1.86. The fourth-order valence-electron chi connectivity index (χ4n) is 1.64. The van der Waals surface area contributed by atoms with Gasteiger partial charge in [0.25, 0.3) is 0 Å². The third kappa shape index (κ3) is 2.75. The van der Waals surface area contributed by atoms with Gasteiger partial charge in [-0.2, -0.15) is 10.2 Å². The molecule has 0 bridgehead atoms. The molecule has 0 unspecified atom stereocenters. The minimum Gasteiger partial charge on any atom is -0.387 e. The summed E-state index contributed by atoms with van der Waals surface area (Å²) in [5.41, 5.74) is 4.02. The Labute approximate surface area is 106 Å². The van der Waals surface area contributed by atoms with Crippen LogP contribution < -0.4 is 10.0 Å². The van der Waals surface area contributed by atoms with Crippen molar-refractivity contribution in [3.63, 3.8) is 0 Å². The van der Waals surface area contributed by atoms with Crippen molar-refractivity contribution in [3.8, 4) is 11.3 Å². The zero-order chi connectivity index (χ0) is 12.1. The predicted molar refractivity (Wildman–Crippen MR) is 72.8 cm³/mol. The molecule has 0 aliphatic heterocycles.